The van der Waals surface area contributed by atoms with Crippen molar-refractivity contribution in [3.8, 4) is 0 Å². The number of para-hydroxylation sites is 1. The maximum atomic E-state index is 12.7. The van der Waals surface area contributed by atoms with Crippen molar-refractivity contribution < 1.29 is 17.9 Å². The Morgan fingerprint density at radius 3 is 1.90 bits per heavy atom. The number of unbranched alkanes of at least 4 members (excludes halogenated alkanes) is 5. The van der Waals surface area contributed by atoms with Gasteiger partial charge in [-0.1, -0.05) is 102 Å². The highest BCUT2D eigenvalue weighted by Crippen LogP contribution is 2.34. The molecule has 1 aliphatic heterocycles. The van der Waals surface area contributed by atoms with Crippen LogP contribution in [-0.4, -0.2) is 37.3 Å². The normalized spacial score (nSPS) is 14.1. The molecule has 1 saturated heterocycles. The molecule has 0 bridgehead atoms. The minimum Gasteiger partial charge on any atom is -0.381 e. The number of carbonyl (C=O) groups is 1. The predicted molar refractivity (Wildman–Crippen MR) is 170 cm³/mol. The van der Waals surface area contributed by atoms with Crippen molar-refractivity contribution in [2.45, 2.75) is 109 Å². The zero-order valence-corrected chi connectivity index (χ0v) is 27.0. The first-order valence-corrected chi connectivity index (χ1v) is 16.9. The molecule has 0 saturated carbocycles. The van der Waals surface area contributed by atoms with Crippen LogP contribution in [0.15, 0.2) is 53.4 Å². The Bertz CT molecular complexity index is 1180. The first-order valence-electron chi connectivity index (χ1n) is 14.6. The van der Waals surface area contributed by atoms with Gasteiger partial charge in [0.05, 0.1) is 20.1 Å². The third-order valence-electron chi connectivity index (χ3n) is 6.45. The topological polar surface area (TPSA) is 99.3 Å². The fourth-order valence-corrected chi connectivity index (χ4v) is 6.87. The molecule has 1 aromatic heterocycles. The lowest BCUT2D eigenvalue weighted by Crippen LogP contribution is -2.53. The van der Waals surface area contributed by atoms with E-state index in [4.69, 9.17) is 10.5 Å². The summed E-state index contributed by atoms with van der Waals surface area (Å²) in [5.74, 6) is -0.795. The molecule has 4 rings (SSSR count). The molecule has 1 fully saturated rings. The van der Waals surface area contributed by atoms with E-state index in [1.807, 2.05) is 32.0 Å². The number of hydrogen-bond donors (Lipinski definition) is 1. The molecule has 3 aromatic rings. The molecule has 8 heteroatoms. The van der Waals surface area contributed by atoms with Crippen molar-refractivity contribution in [3.05, 3.63) is 59.1 Å². The summed E-state index contributed by atoms with van der Waals surface area (Å²) in [4.78, 5) is 16.2. The van der Waals surface area contributed by atoms with E-state index in [0.29, 0.717) is 0 Å². The summed E-state index contributed by atoms with van der Waals surface area (Å²) in [6.07, 6.45) is 9.96. The van der Waals surface area contributed by atoms with Gasteiger partial charge in [0.1, 0.15) is 0 Å². The number of amides is 1. The van der Waals surface area contributed by atoms with Gasteiger partial charge in [0.25, 0.3) is 0 Å². The molecule has 0 unspecified atom stereocenters. The van der Waals surface area contributed by atoms with Crippen LogP contribution in [-0.2, 0) is 19.4 Å². The standard InChI is InChI=1S/C13H17NO4S.C8H7NS.C8H18.C3H8/c1-10-2-4-11(5-3-10)19(16,17)13(12(14)15)6-8-18-9-7-13;1-6-9-7-4-2-3-5-8(7)10-6;1-3-5-7-8-6-4-2;1-3-2/h2-5H,6-9H2,1H3,(H2,14,15);2-5H,1H3;3-8H2,1-2H3;3H2,1-2H3. The molecule has 0 spiro atoms. The van der Waals surface area contributed by atoms with E-state index < -0.39 is 20.5 Å². The molecule has 0 aliphatic carbocycles. The number of nitrogens with zero attached hydrogens (tertiary/aromatic N) is 1. The minimum atomic E-state index is -3.79. The number of fused-ring (bicyclic) bond motifs is 1. The van der Waals surface area contributed by atoms with Crippen molar-refractivity contribution in [2.75, 3.05) is 13.2 Å². The molecule has 0 radical (unpaired) electrons. The average Bonchev–Trinajstić information content (AvgIpc) is 3.33. The lowest BCUT2D eigenvalue weighted by atomic mass is 9.98. The molecular weight excluding hydrogens is 540 g/mol. The number of aromatic nitrogens is 1. The summed E-state index contributed by atoms with van der Waals surface area (Å²) in [6, 6.07) is 14.7. The average molecular weight is 591 g/mol. The summed E-state index contributed by atoms with van der Waals surface area (Å²) < 4.78 is 30.3. The second-order valence-electron chi connectivity index (χ2n) is 10.1. The van der Waals surface area contributed by atoms with Gasteiger partial charge in [-0.3, -0.25) is 4.79 Å². The molecule has 1 aliphatic rings. The molecule has 40 heavy (non-hydrogen) atoms. The van der Waals surface area contributed by atoms with Crippen molar-refractivity contribution >= 4 is 37.3 Å². The van der Waals surface area contributed by atoms with Crippen molar-refractivity contribution in [2.24, 2.45) is 5.73 Å². The molecule has 6 nitrogen and oxygen atoms in total. The van der Waals surface area contributed by atoms with Gasteiger partial charge in [0, 0.05) is 13.2 Å². The van der Waals surface area contributed by atoms with Gasteiger partial charge in [0.2, 0.25) is 5.91 Å². The Hall–Kier alpha value is -2.29. The van der Waals surface area contributed by atoms with Gasteiger partial charge >= 0.3 is 0 Å². The highest BCUT2D eigenvalue weighted by atomic mass is 32.2. The van der Waals surface area contributed by atoms with Crippen LogP contribution in [0, 0.1) is 13.8 Å². The second-order valence-corrected chi connectivity index (χ2v) is 13.6. The molecule has 1 amide bonds. The number of thiazole rings is 1. The first kappa shape index (κ1) is 35.7. The number of benzene rings is 2. The number of aryl methyl sites for hydroxylation is 2. The Kier molecular flexibility index (Phi) is 16.9. The number of primary amides is 1. The summed E-state index contributed by atoms with van der Waals surface area (Å²) in [7, 11) is -3.79. The highest BCUT2D eigenvalue weighted by Gasteiger charge is 2.50. The Morgan fingerprint density at radius 1 is 0.900 bits per heavy atom. The van der Waals surface area contributed by atoms with E-state index in [0.717, 1.165) is 16.1 Å². The Morgan fingerprint density at radius 2 is 1.43 bits per heavy atom. The van der Waals surface area contributed by atoms with E-state index in [9.17, 15) is 13.2 Å². The molecular formula is C32H50N2O4S2. The quantitative estimate of drug-likeness (QED) is 0.267. The van der Waals surface area contributed by atoms with E-state index >= 15 is 0 Å². The number of carbonyl (C=O) groups excluding carboxylic acids is 1. The zero-order valence-electron chi connectivity index (χ0n) is 25.4. The van der Waals surface area contributed by atoms with Crippen LogP contribution in [0.1, 0.15) is 96.1 Å². The van der Waals surface area contributed by atoms with Gasteiger partial charge in [-0.15, -0.1) is 11.3 Å². The minimum absolute atomic E-state index is 0.110. The monoisotopic (exact) mass is 590 g/mol. The van der Waals surface area contributed by atoms with Crippen molar-refractivity contribution in [1.29, 1.82) is 0 Å². The van der Waals surface area contributed by atoms with Gasteiger partial charge in [-0.25, -0.2) is 13.4 Å². The number of nitrogens with two attached hydrogens (primary N) is 1. The highest BCUT2D eigenvalue weighted by molar-refractivity contribution is 7.93. The Labute approximate surface area is 246 Å². The number of hydrogen-bond acceptors (Lipinski definition) is 6. The van der Waals surface area contributed by atoms with Gasteiger partial charge in [-0.05, 0) is 51.0 Å². The fraction of sp³-hybridized carbons (Fsp3) is 0.562. The largest absolute Gasteiger partial charge is 0.381 e. The lowest BCUT2D eigenvalue weighted by molar-refractivity contribution is -0.122. The van der Waals surface area contributed by atoms with Crippen LogP contribution in [0.25, 0.3) is 10.2 Å². The number of sulfone groups is 1. The van der Waals surface area contributed by atoms with E-state index in [1.165, 1.54) is 61.8 Å². The maximum absolute atomic E-state index is 12.7. The molecule has 0 atom stereocenters. The molecule has 2 heterocycles. The fourth-order valence-electron chi connectivity index (χ4n) is 4.13. The summed E-state index contributed by atoms with van der Waals surface area (Å²) in [5, 5.41) is 1.14. The van der Waals surface area contributed by atoms with Crippen LogP contribution in [0.5, 0.6) is 0 Å². The van der Waals surface area contributed by atoms with Gasteiger partial charge in [-0.2, -0.15) is 0 Å². The molecule has 2 N–H and O–H groups in total. The van der Waals surface area contributed by atoms with Crippen LogP contribution >= 0.6 is 11.3 Å². The predicted octanol–water partition coefficient (Wildman–Crippen LogP) is 8.19. The van der Waals surface area contributed by atoms with E-state index in [1.54, 1.807) is 23.5 Å². The van der Waals surface area contributed by atoms with Crippen LogP contribution in [0.4, 0.5) is 0 Å². The van der Waals surface area contributed by atoms with E-state index in [2.05, 4.69) is 38.7 Å². The summed E-state index contributed by atoms with van der Waals surface area (Å²) in [6.45, 7) is 13.1. The molecule has 2 aromatic carbocycles. The lowest BCUT2D eigenvalue weighted by Gasteiger charge is -2.33. The number of rotatable bonds is 8. The van der Waals surface area contributed by atoms with Gasteiger partial charge in [0.15, 0.2) is 14.6 Å². The Balaban J connectivity index is 0.000000318. The third-order valence-corrected chi connectivity index (χ3v) is 9.94. The van der Waals surface area contributed by atoms with Crippen LogP contribution in [0.2, 0.25) is 0 Å². The van der Waals surface area contributed by atoms with Gasteiger partial charge < -0.3 is 10.5 Å². The summed E-state index contributed by atoms with van der Waals surface area (Å²) >= 11 is 1.74. The zero-order chi connectivity index (χ0) is 30.0. The van der Waals surface area contributed by atoms with E-state index in [-0.39, 0.29) is 31.0 Å². The molecule has 224 valence electrons. The summed E-state index contributed by atoms with van der Waals surface area (Å²) in [5.41, 5.74) is 7.46. The smallest absolute Gasteiger partial charge is 0.239 e. The van der Waals surface area contributed by atoms with Crippen molar-refractivity contribution in [3.63, 3.8) is 0 Å². The SMILES string of the molecule is CCC.CCCCCCCC.Cc1ccc(S(=O)(=O)C2(C(N)=O)CCOCC2)cc1.Cc1nc2ccccc2s1. The first-order chi connectivity index (χ1) is 19.1. The van der Waals surface area contributed by atoms with Crippen LogP contribution < -0.4 is 5.73 Å². The van der Waals surface area contributed by atoms with Crippen LogP contribution in [0.3, 0.4) is 0 Å². The number of ether oxygens (including phenoxy) is 1. The second kappa shape index (κ2) is 18.9. The van der Waals surface area contributed by atoms with Crippen molar-refractivity contribution in [1.82, 2.24) is 4.98 Å². The third kappa shape index (κ3) is 10.9. The maximum Gasteiger partial charge on any atom is 0.239 e.